The molecule has 2 N–H and O–H groups in total. The van der Waals surface area contributed by atoms with E-state index in [4.69, 9.17) is 4.74 Å². The molecule has 7 nitrogen and oxygen atoms in total. The zero-order chi connectivity index (χ0) is 26.5. The number of carbonyl (C=O) groups is 1. The number of fused-ring (bicyclic) bond motifs is 1. The normalized spacial score (nSPS) is 15.9. The lowest BCUT2D eigenvalue weighted by Crippen LogP contribution is -2.50. The summed E-state index contributed by atoms with van der Waals surface area (Å²) in [7, 11) is 0. The number of aromatic nitrogens is 1. The van der Waals surface area contributed by atoms with Crippen molar-refractivity contribution in [2.75, 3.05) is 39.4 Å². The van der Waals surface area contributed by atoms with Crippen molar-refractivity contribution in [3.05, 3.63) is 40.7 Å². The van der Waals surface area contributed by atoms with E-state index in [0.29, 0.717) is 18.9 Å². The summed E-state index contributed by atoms with van der Waals surface area (Å²) in [5.74, 6) is 1.44. The fraction of sp³-hybridized carbons (Fsp3) is 0.667. The van der Waals surface area contributed by atoms with Crippen molar-refractivity contribution in [3.8, 4) is 5.75 Å². The number of pyridine rings is 1. The molecule has 0 aliphatic heterocycles. The van der Waals surface area contributed by atoms with Crippen LogP contribution in [-0.4, -0.2) is 71.2 Å². The first kappa shape index (κ1) is 29.2. The fourth-order valence-corrected chi connectivity index (χ4v) is 5.42. The monoisotopic (exact) mass is 513 g/mol. The maximum Gasteiger partial charge on any atom is 0.248 e. The minimum Gasteiger partial charge on any atom is -0.494 e. The first-order chi connectivity index (χ1) is 18.0. The fourth-order valence-electron chi connectivity index (χ4n) is 5.42. The number of aliphatic hydroxyl groups excluding tert-OH is 1. The third kappa shape index (κ3) is 9.46. The van der Waals surface area contributed by atoms with Crippen LogP contribution in [0.1, 0.15) is 78.1 Å². The van der Waals surface area contributed by atoms with E-state index < -0.39 is 0 Å². The molecule has 0 radical (unpaired) electrons. The SMILES string of the molecule is CCN(CC)CC(CO)N(CC1CCCCCCC1)C(=O)CCCCOc1ccc2[nH]c(=O)ccc2c1. The molecule has 1 aromatic heterocycles. The van der Waals surface area contributed by atoms with Gasteiger partial charge in [-0.05, 0) is 69.0 Å². The summed E-state index contributed by atoms with van der Waals surface area (Å²) in [6, 6.07) is 8.79. The summed E-state index contributed by atoms with van der Waals surface area (Å²) < 4.78 is 5.92. The van der Waals surface area contributed by atoms with Gasteiger partial charge in [0, 0.05) is 36.5 Å². The molecule has 1 atom stereocenters. The van der Waals surface area contributed by atoms with Crippen molar-refractivity contribution in [2.24, 2.45) is 5.92 Å². The van der Waals surface area contributed by atoms with Gasteiger partial charge in [-0.1, -0.05) is 46.0 Å². The summed E-state index contributed by atoms with van der Waals surface area (Å²) in [5.41, 5.74) is 0.674. The van der Waals surface area contributed by atoms with E-state index in [2.05, 4.69) is 23.7 Å². The van der Waals surface area contributed by atoms with Gasteiger partial charge in [0.1, 0.15) is 5.75 Å². The van der Waals surface area contributed by atoms with Crippen molar-refractivity contribution < 1.29 is 14.6 Å². The van der Waals surface area contributed by atoms with Crippen LogP contribution >= 0.6 is 0 Å². The minimum atomic E-state index is -0.155. The Morgan fingerprint density at radius 1 is 1.05 bits per heavy atom. The van der Waals surface area contributed by atoms with Crippen LogP contribution in [0.25, 0.3) is 10.9 Å². The van der Waals surface area contributed by atoms with Gasteiger partial charge < -0.3 is 24.6 Å². The van der Waals surface area contributed by atoms with Gasteiger partial charge >= 0.3 is 0 Å². The lowest BCUT2D eigenvalue weighted by atomic mass is 9.90. The number of nitrogens with zero attached hydrogens (tertiary/aromatic N) is 2. The predicted molar refractivity (Wildman–Crippen MR) is 150 cm³/mol. The molecule has 2 aromatic rings. The number of benzene rings is 1. The van der Waals surface area contributed by atoms with E-state index in [1.165, 1.54) is 51.0 Å². The zero-order valence-electron chi connectivity index (χ0n) is 22.9. The number of carbonyl (C=O) groups excluding carboxylic acids is 1. The van der Waals surface area contributed by atoms with Crippen LogP contribution < -0.4 is 10.3 Å². The Bertz CT molecular complexity index is 996. The first-order valence-corrected chi connectivity index (χ1v) is 14.4. The standard InChI is InChI=1S/C30H47N3O4/c1-3-32(4-2)22-26(23-34)33(21-24-12-8-6-5-7-9-13-24)30(36)14-10-11-19-37-27-16-17-28-25(20-27)15-18-29(35)31-28/h15-18,20,24,26,34H,3-14,19,21-23H2,1-2H3,(H,31,35). The van der Waals surface area contributed by atoms with Crippen LogP contribution in [0.3, 0.4) is 0 Å². The highest BCUT2D eigenvalue weighted by atomic mass is 16.5. The molecule has 37 heavy (non-hydrogen) atoms. The second kappa shape index (κ2) is 15.8. The molecule has 0 spiro atoms. The maximum absolute atomic E-state index is 13.5. The number of hydrogen-bond acceptors (Lipinski definition) is 5. The third-order valence-corrected chi connectivity index (χ3v) is 7.76. The average molecular weight is 514 g/mol. The molecule has 1 unspecified atom stereocenters. The van der Waals surface area contributed by atoms with Crippen molar-refractivity contribution in [3.63, 3.8) is 0 Å². The summed E-state index contributed by atoms with van der Waals surface area (Å²) in [6.45, 7) is 8.13. The number of H-pyrrole nitrogens is 1. The number of nitrogens with one attached hydrogen (secondary N) is 1. The Morgan fingerprint density at radius 3 is 2.49 bits per heavy atom. The van der Waals surface area contributed by atoms with E-state index >= 15 is 0 Å². The summed E-state index contributed by atoms with van der Waals surface area (Å²) >= 11 is 0. The molecule has 1 fully saturated rings. The maximum atomic E-state index is 13.5. The minimum absolute atomic E-state index is 0.00526. The van der Waals surface area contributed by atoms with E-state index in [1.807, 2.05) is 23.1 Å². The van der Waals surface area contributed by atoms with Gasteiger partial charge in [0.05, 0.1) is 19.3 Å². The van der Waals surface area contributed by atoms with Gasteiger partial charge in [0.15, 0.2) is 0 Å². The molecule has 1 aliphatic rings. The number of aliphatic hydroxyl groups is 1. The molecule has 0 bridgehead atoms. The quantitative estimate of drug-likeness (QED) is 0.349. The van der Waals surface area contributed by atoms with E-state index in [1.54, 1.807) is 6.07 Å². The molecule has 1 aliphatic carbocycles. The molecule has 7 heteroatoms. The molecule has 0 saturated heterocycles. The highest BCUT2D eigenvalue weighted by molar-refractivity contribution is 5.79. The topological polar surface area (TPSA) is 85.9 Å². The second-order valence-corrected chi connectivity index (χ2v) is 10.5. The number of rotatable bonds is 14. The Morgan fingerprint density at radius 2 is 1.78 bits per heavy atom. The third-order valence-electron chi connectivity index (χ3n) is 7.76. The molecule has 1 aromatic carbocycles. The number of amides is 1. The molecule has 3 rings (SSSR count). The zero-order valence-corrected chi connectivity index (χ0v) is 22.9. The number of unbranched alkanes of at least 4 members (excludes halogenated alkanes) is 1. The molecule has 1 heterocycles. The number of likely N-dealkylation sites (N-methyl/N-ethyl adjacent to an activating group) is 1. The van der Waals surface area contributed by atoms with Crippen LogP contribution in [0.15, 0.2) is 35.1 Å². The van der Waals surface area contributed by atoms with Crippen LogP contribution in [0, 0.1) is 5.92 Å². The van der Waals surface area contributed by atoms with Gasteiger partial charge in [-0.3, -0.25) is 9.59 Å². The van der Waals surface area contributed by atoms with E-state index in [9.17, 15) is 14.7 Å². The molecular formula is C30H47N3O4. The first-order valence-electron chi connectivity index (χ1n) is 14.4. The highest BCUT2D eigenvalue weighted by Gasteiger charge is 2.27. The van der Waals surface area contributed by atoms with Gasteiger partial charge in [-0.15, -0.1) is 0 Å². The van der Waals surface area contributed by atoms with Gasteiger partial charge in [0.2, 0.25) is 11.5 Å². The van der Waals surface area contributed by atoms with Crippen LogP contribution in [0.5, 0.6) is 5.75 Å². The summed E-state index contributed by atoms with van der Waals surface area (Å²) in [5, 5.41) is 11.2. The lowest BCUT2D eigenvalue weighted by molar-refractivity contribution is -0.136. The Balaban J connectivity index is 1.54. The van der Waals surface area contributed by atoms with Crippen molar-refractivity contribution in [2.45, 2.75) is 84.1 Å². The summed E-state index contributed by atoms with van der Waals surface area (Å²) in [6.07, 6.45) is 10.8. The van der Waals surface area contributed by atoms with E-state index in [0.717, 1.165) is 55.7 Å². The van der Waals surface area contributed by atoms with Crippen LogP contribution in [0.4, 0.5) is 0 Å². The Hall–Kier alpha value is -2.38. The molecule has 1 amide bonds. The largest absolute Gasteiger partial charge is 0.494 e. The molecule has 1 saturated carbocycles. The molecule has 206 valence electrons. The van der Waals surface area contributed by atoms with Gasteiger partial charge in [0.25, 0.3) is 0 Å². The lowest BCUT2D eigenvalue weighted by Gasteiger charge is -2.37. The predicted octanol–water partition coefficient (Wildman–Crippen LogP) is 4.97. The smallest absolute Gasteiger partial charge is 0.248 e. The van der Waals surface area contributed by atoms with Crippen molar-refractivity contribution >= 4 is 16.8 Å². The Kier molecular flexibility index (Phi) is 12.4. The second-order valence-electron chi connectivity index (χ2n) is 10.5. The number of ether oxygens (including phenoxy) is 1. The number of hydrogen-bond donors (Lipinski definition) is 2. The van der Waals surface area contributed by atoms with Gasteiger partial charge in [-0.25, -0.2) is 0 Å². The average Bonchev–Trinajstić information content (AvgIpc) is 2.89. The summed E-state index contributed by atoms with van der Waals surface area (Å²) in [4.78, 5) is 32.0. The van der Waals surface area contributed by atoms with Crippen LogP contribution in [-0.2, 0) is 4.79 Å². The van der Waals surface area contributed by atoms with Gasteiger partial charge in [-0.2, -0.15) is 0 Å². The van der Waals surface area contributed by atoms with Crippen molar-refractivity contribution in [1.82, 2.24) is 14.8 Å². The number of aromatic amines is 1. The highest BCUT2D eigenvalue weighted by Crippen LogP contribution is 2.25. The van der Waals surface area contributed by atoms with Crippen LogP contribution in [0.2, 0.25) is 0 Å². The molecular weight excluding hydrogens is 466 g/mol. The Labute approximate surface area is 222 Å². The van der Waals surface area contributed by atoms with Crippen molar-refractivity contribution in [1.29, 1.82) is 0 Å². The van der Waals surface area contributed by atoms with E-state index in [-0.39, 0.29) is 24.1 Å².